The van der Waals surface area contributed by atoms with Gasteiger partial charge in [-0.3, -0.25) is 4.90 Å². The van der Waals surface area contributed by atoms with Gasteiger partial charge in [-0.1, -0.05) is 20.8 Å². The molecule has 0 aliphatic carbocycles. The van der Waals surface area contributed by atoms with Crippen LogP contribution in [0.15, 0.2) is 17.6 Å². The number of hydrogen-bond donors (Lipinski definition) is 1. The van der Waals surface area contributed by atoms with E-state index in [4.69, 9.17) is 10.1 Å². The maximum Gasteiger partial charge on any atom is 0.345 e. The predicted molar refractivity (Wildman–Crippen MR) is 89.8 cm³/mol. The molecule has 0 aromatic carbocycles. The molecule has 0 saturated carbocycles. The summed E-state index contributed by atoms with van der Waals surface area (Å²) in [6.07, 6.45) is 2.86. The van der Waals surface area contributed by atoms with E-state index in [2.05, 4.69) is 30.7 Å². The van der Waals surface area contributed by atoms with Crippen molar-refractivity contribution in [3.05, 3.63) is 45.2 Å². The van der Waals surface area contributed by atoms with Crippen LogP contribution in [-0.2, 0) is 24.9 Å². The van der Waals surface area contributed by atoms with E-state index in [1.54, 1.807) is 6.07 Å². The van der Waals surface area contributed by atoms with Crippen LogP contribution in [0.4, 0.5) is 0 Å². The zero-order valence-electron chi connectivity index (χ0n) is 13.7. The summed E-state index contributed by atoms with van der Waals surface area (Å²) in [5.74, 6) is 0.0435. The molecule has 0 atom stereocenters. The van der Waals surface area contributed by atoms with Crippen molar-refractivity contribution in [2.45, 2.75) is 45.7 Å². The summed E-state index contributed by atoms with van der Waals surface area (Å²) in [7, 11) is 0. The maximum absolute atomic E-state index is 11.0. The van der Waals surface area contributed by atoms with Gasteiger partial charge in [0, 0.05) is 48.9 Å². The lowest BCUT2D eigenvalue weighted by atomic mass is 9.95. The van der Waals surface area contributed by atoms with Crippen molar-refractivity contribution < 1.29 is 9.90 Å². The second kappa shape index (κ2) is 6.02. The van der Waals surface area contributed by atoms with Gasteiger partial charge in [0.05, 0.1) is 0 Å². The normalized spacial score (nSPS) is 15.4. The van der Waals surface area contributed by atoms with Crippen molar-refractivity contribution in [2.24, 2.45) is 0 Å². The van der Waals surface area contributed by atoms with Gasteiger partial charge in [0.25, 0.3) is 0 Å². The average Bonchev–Trinajstić information content (AvgIpc) is 2.94. The number of nitrogens with zero attached hydrogens (tertiary/aromatic N) is 3. The Morgan fingerprint density at radius 3 is 2.87 bits per heavy atom. The number of thiophene rings is 1. The fraction of sp³-hybridized carbons (Fsp3) is 0.471. The molecule has 3 heterocycles. The molecule has 3 rings (SSSR count). The van der Waals surface area contributed by atoms with Crippen molar-refractivity contribution in [1.29, 1.82) is 0 Å². The second-order valence-electron chi connectivity index (χ2n) is 7.00. The van der Waals surface area contributed by atoms with Crippen LogP contribution >= 0.6 is 11.3 Å². The molecule has 0 saturated heterocycles. The summed E-state index contributed by atoms with van der Waals surface area (Å²) in [5.41, 5.74) is 3.36. The molecular formula is C17H21N3O2S. The summed E-state index contributed by atoms with van der Waals surface area (Å²) in [5, 5.41) is 10.9. The lowest BCUT2D eigenvalue weighted by Gasteiger charge is -2.28. The van der Waals surface area contributed by atoms with E-state index < -0.39 is 5.97 Å². The SMILES string of the molecule is CC(C)(C)c1ncc2c(n1)CCN(Cc1csc(C(=O)O)c1)C2. The van der Waals surface area contributed by atoms with Gasteiger partial charge in [-0.25, -0.2) is 14.8 Å². The lowest BCUT2D eigenvalue weighted by Crippen LogP contribution is -2.31. The number of aromatic carboxylic acids is 1. The average molecular weight is 331 g/mol. The molecule has 1 N–H and O–H groups in total. The Kier molecular flexibility index (Phi) is 4.21. The van der Waals surface area contributed by atoms with E-state index >= 15 is 0 Å². The summed E-state index contributed by atoms with van der Waals surface area (Å²) < 4.78 is 0. The molecule has 0 fully saturated rings. The van der Waals surface area contributed by atoms with Crippen LogP contribution in [0.1, 0.15) is 53.1 Å². The van der Waals surface area contributed by atoms with E-state index in [9.17, 15) is 4.79 Å². The molecule has 1 aliphatic rings. The Hall–Kier alpha value is -1.79. The third-order valence-electron chi connectivity index (χ3n) is 3.95. The van der Waals surface area contributed by atoms with E-state index in [1.165, 1.54) is 16.9 Å². The molecule has 0 unspecified atom stereocenters. The van der Waals surface area contributed by atoms with Crippen molar-refractivity contribution in [1.82, 2.24) is 14.9 Å². The highest BCUT2D eigenvalue weighted by Crippen LogP contribution is 2.24. The van der Waals surface area contributed by atoms with Gasteiger partial charge >= 0.3 is 5.97 Å². The van der Waals surface area contributed by atoms with Crippen LogP contribution in [0, 0.1) is 0 Å². The van der Waals surface area contributed by atoms with Crippen molar-refractivity contribution in [3.8, 4) is 0 Å². The first-order chi connectivity index (χ1) is 10.8. The minimum Gasteiger partial charge on any atom is -0.477 e. The quantitative estimate of drug-likeness (QED) is 0.936. The third-order valence-corrected chi connectivity index (χ3v) is 4.92. The van der Waals surface area contributed by atoms with Crippen LogP contribution in [0.3, 0.4) is 0 Å². The number of aromatic nitrogens is 2. The van der Waals surface area contributed by atoms with E-state index in [0.717, 1.165) is 43.1 Å². The Morgan fingerprint density at radius 1 is 1.43 bits per heavy atom. The summed E-state index contributed by atoms with van der Waals surface area (Å²) >= 11 is 1.29. The van der Waals surface area contributed by atoms with Crippen LogP contribution in [0.5, 0.6) is 0 Å². The molecule has 0 radical (unpaired) electrons. The zero-order valence-corrected chi connectivity index (χ0v) is 14.5. The van der Waals surface area contributed by atoms with Gasteiger partial charge in [0.2, 0.25) is 0 Å². The first kappa shape index (κ1) is 16.1. The Morgan fingerprint density at radius 2 is 2.22 bits per heavy atom. The molecular weight excluding hydrogens is 310 g/mol. The predicted octanol–water partition coefficient (Wildman–Crippen LogP) is 3.09. The Labute approximate surface area is 140 Å². The number of carboxylic acid groups (broad SMARTS) is 1. The van der Waals surface area contributed by atoms with Crippen LogP contribution in [0.25, 0.3) is 0 Å². The molecule has 1 aliphatic heterocycles. The lowest BCUT2D eigenvalue weighted by molar-refractivity contribution is 0.0702. The van der Waals surface area contributed by atoms with E-state index in [-0.39, 0.29) is 5.41 Å². The molecule has 6 heteroatoms. The van der Waals surface area contributed by atoms with Gasteiger partial charge in [0.1, 0.15) is 10.7 Å². The van der Waals surface area contributed by atoms with Crippen molar-refractivity contribution in [3.63, 3.8) is 0 Å². The van der Waals surface area contributed by atoms with Gasteiger partial charge in [0.15, 0.2) is 0 Å². The molecule has 2 aromatic rings. The van der Waals surface area contributed by atoms with E-state index in [0.29, 0.717) is 4.88 Å². The number of rotatable bonds is 3. The zero-order chi connectivity index (χ0) is 16.6. The summed E-state index contributed by atoms with van der Waals surface area (Å²) in [6, 6.07) is 1.77. The van der Waals surface area contributed by atoms with Crippen molar-refractivity contribution in [2.75, 3.05) is 6.54 Å². The van der Waals surface area contributed by atoms with Gasteiger partial charge < -0.3 is 5.11 Å². The number of carboxylic acids is 1. The molecule has 0 bridgehead atoms. The fourth-order valence-corrected chi connectivity index (χ4v) is 3.44. The number of carbonyl (C=O) groups is 1. The van der Waals surface area contributed by atoms with E-state index in [1.807, 2.05) is 11.6 Å². The minimum atomic E-state index is -0.853. The van der Waals surface area contributed by atoms with Crippen LogP contribution in [-0.4, -0.2) is 32.5 Å². The first-order valence-electron chi connectivity index (χ1n) is 7.71. The van der Waals surface area contributed by atoms with Gasteiger partial charge in [-0.15, -0.1) is 11.3 Å². The minimum absolute atomic E-state index is 0.0317. The number of hydrogen-bond acceptors (Lipinski definition) is 5. The maximum atomic E-state index is 11.0. The highest BCUT2D eigenvalue weighted by Gasteiger charge is 2.23. The second-order valence-corrected chi connectivity index (χ2v) is 7.91. The smallest absolute Gasteiger partial charge is 0.345 e. The van der Waals surface area contributed by atoms with Crippen LogP contribution < -0.4 is 0 Å². The Bertz CT molecular complexity index is 734. The monoisotopic (exact) mass is 331 g/mol. The molecule has 2 aromatic heterocycles. The van der Waals surface area contributed by atoms with Gasteiger partial charge in [-0.05, 0) is 17.0 Å². The highest BCUT2D eigenvalue weighted by molar-refractivity contribution is 7.12. The van der Waals surface area contributed by atoms with Gasteiger partial charge in [-0.2, -0.15) is 0 Å². The standard InChI is InChI=1S/C17H21N3O2S/c1-17(2,3)16-18-7-12-9-20(5-4-13(12)19-16)8-11-6-14(15(21)22)23-10-11/h6-7,10H,4-5,8-9H2,1-3H3,(H,21,22). The highest BCUT2D eigenvalue weighted by atomic mass is 32.1. The summed E-state index contributed by atoms with van der Waals surface area (Å²) in [4.78, 5) is 22.9. The molecule has 23 heavy (non-hydrogen) atoms. The largest absolute Gasteiger partial charge is 0.477 e. The van der Waals surface area contributed by atoms with Crippen LogP contribution in [0.2, 0.25) is 0 Å². The topological polar surface area (TPSA) is 66.3 Å². The first-order valence-corrected chi connectivity index (χ1v) is 8.59. The molecule has 0 amide bonds. The Balaban J connectivity index is 1.71. The van der Waals surface area contributed by atoms with Crippen molar-refractivity contribution >= 4 is 17.3 Å². The molecule has 122 valence electrons. The molecule has 5 nitrogen and oxygen atoms in total. The molecule has 0 spiro atoms. The third kappa shape index (κ3) is 3.59. The summed E-state index contributed by atoms with van der Waals surface area (Å²) in [6.45, 7) is 8.90. The fourth-order valence-electron chi connectivity index (χ4n) is 2.70. The number of fused-ring (bicyclic) bond motifs is 1.